The molecule has 14 nitrogen and oxygen atoms in total. The molecular formula is C53H98N4O10. The van der Waals surface area contributed by atoms with Crippen molar-refractivity contribution < 1.29 is 47.5 Å². The Labute approximate surface area is 406 Å². The molecule has 2 amide bonds. The summed E-state index contributed by atoms with van der Waals surface area (Å²) in [5, 5.41) is 9.17. The number of nitrogens with one attached hydrogen (secondary N) is 3. The summed E-state index contributed by atoms with van der Waals surface area (Å²) in [6.07, 6.45) is 20.1. The summed E-state index contributed by atoms with van der Waals surface area (Å²) in [4.78, 5) is 27.5. The largest absolute Gasteiger partial charge is 0.442 e. The average Bonchev–Trinajstić information content (AvgIpc) is 4.17. The molecule has 3 N–H and O–H groups in total. The predicted octanol–water partition coefficient (Wildman–Crippen LogP) is 8.92. The van der Waals surface area contributed by atoms with Crippen LogP contribution >= 0.6 is 0 Å². The maximum atomic E-state index is 12.7. The van der Waals surface area contributed by atoms with Gasteiger partial charge in [-0.2, -0.15) is 0 Å². The van der Waals surface area contributed by atoms with Gasteiger partial charge in [-0.3, -0.25) is 0 Å². The lowest BCUT2D eigenvalue weighted by molar-refractivity contribution is -0.0591. The molecule has 0 bridgehead atoms. The second-order valence-corrected chi connectivity index (χ2v) is 22.2. The van der Waals surface area contributed by atoms with E-state index in [2.05, 4.69) is 48.5 Å². The smallest absolute Gasteiger partial charge is 0.407 e. The fraction of sp³-hybridized carbons (Fsp3) is 0.962. The molecule has 4 saturated carbocycles. The van der Waals surface area contributed by atoms with Crippen LogP contribution in [0.3, 0.4) is 0 Å². The summed E-state index contributed by atoms with van der Waals surface area (Å²) in [6.45, 7) is 21.3. The minimum Gasteiger partial charge on any atom is -0.442 e. The first-order chi connectivity index (χ1) is 32.3. The Bertz CT molecular complexity index is 1350. The van der Waals surface area contributed by atoms with Crippen LogP contribution in [-0.4, -0.2) is 153 Å². The van der Waals surface area contributed by atoms with Crippen LogP contribution in [0.25, 0.3) is 0 Å². The Balaban J connectivity index is 0.998. The van der Waals surface area contributed by atoms with Crippen LogP contribution in [0.5, 0.6) is 0 Å². The lowest BCUT2D eigenvalue weighted by Gasteiger charge is -2.46. The van der Waals surface area contributed by atoms with E-state index in [0.29, 0.717) is 86.9 Å². The van der Waals surface area contributed by atoms with Gasteiger partial charge in [0.15, 0.2) is 0 Å². The number of carbonyl (C=O) groups excluding carboxylic acids is 2. The van der Waals surface area contributed by atoms with Crippen LogP contribution in [0.15, 0.2) is 0 Å². The van der Waals surface area contributed by atoms with Gasteiger partial charge in [-0.25, -0.2) is 9.59 Å². The summed E-state index contributed by atoms with van der Waals surface area (Å²) >= 11 is 0. The molecular weight excluding hydrogens is 853 g/mol. The molecule has 1 heterocycles. The zero-order valence-corrected chi connectivity index (χ0v) is 43.6. The number of nitrogens with zero attached hydrogens (tertiary/aromatic N) is 1. The number of methoxy groups -OCH3 is 1. The first-order valence-corrected chi connectivity index (χ1v) is 27.2. The van der Waals surface area contributed by atoms with Crippen molar-refractivity contribution in [2.24, 2.45) is 34.5 Å². The van der Waals surface area contributed by atoms with Gasteiger partial charge < -0.3 is 58.7 Å². The van der Waals surface area contributed by atoms with Gasteiger partial charge in [0.05, 0.1) is 50.8 Å². The average molecular weight is 951 g/mol. The third kappa shape index (κ3) is 19.7. The molecule has 3 atom stereocenters. The minimum atomic E-state index is -0.412. The van der Waals surface area contributed by atoms with Gasteiger partial charge >= 0.3 is 12.2 Å². The summed E-state index contributed by atoms with van der Waals surface area (Å²) in [5.74, 6) is 2.84. The van der Waals surface area contributed by atoms with Gasteiger partial charge in [0, 0.05) is 59.6 Å². The van der Waals surface area contributed by atoms with E-state index in [1.165, 1.54) is 51.4 Å². The Morgan fingerprint density at radius 1 is 0.627 bits per heavy atom. The molecule has 0 aromatic carbocycles. The van der Waals surface area contributed by atoms with E-state index in [-0.39, 0.29) is 12.2 Å². The number of alkyl carbamates (subject to hydrolysis) is 2. The van der Waals surface area contributed by atoms with Crippen molar-refractivity contribution in [3.05, 3.63) is 0 Å². The van der Waals surface area contributed by atoms with Gasteiger partial charge in [-0.15, -0.1) is 0 Å². The van der Waals surface area contributed by atoms with Crippen LogP contribution in [0.1, 0.15) is 157 Å². The van der Waals surface area contributed by atoms with Crippen molar-refractivity contribution in [3.63, 3.8) is 0 Å². The second kappa shape index (κ2) is 29.5. The molecule has 5 rings (SSSR count). The third-order valence-electron chi connectivity index (χ3n) is 16.7. The van der Waals surface area contributed by atoms with E-state index in [1.807, 2.05) is 20.9 Å². The maximum absolute atomic E-state index is 12.7. The zero-order chi connectivity index (χ0) is 48.1. The van der Waals surface area contributed by atoms with Gasteiger partial charge in [0.1, 0.15) is 18.3 Å². The summed E-state index contributed by atoms with van der Waals surface area (Å²) < 4.78 is 47.6. The van der Waals surface area contributed by atoms with Gasteiger partial charge in [-0.05, 0) is 164 Å². The van der Waals surface area contributed by atoms with Crippen molar-refractivity contribution in [2.45, 2.75) is 200 Å². The number of amides is 2. The molecule has 390 valence electrons. The highest BCUT2D eigenvalue weighted by Gasteiger charge is 2.43. The maximum Gasteiger partial charge on any atom is 0.407 e. The molecule has 67 heavy (non-hydrogen) atoms. The number of likely N-dealkylation sites (N-methyl/N-ethyl adjacent to an activating group) is 1. The Morgan fingerprint density at radius 3 is 1.57 bits per heavy atom. The molecule has 0 spiro atoms. The molecule has 5 fully saturated rings. The highest BCUT2D eigenvalue weighted by molar-refractivity contribution is 5.67. The van der Waals surface area contributed by atoms with Crippen molar-refractivity contribution in [1.29, 1.82) is 0 Å². The van der Waals surface area contributed by atoms with Gasteiger partial charge in [-0.1, -0.05) is 34.6 Å². The molecule has 0 radical (unpaired) electrons. The fourth-order valence-electron chi connectivity index (χ4n) is 11.9. The van der Waals surface area contributed by atoms with Gasteiger partial charge in [0.2, 0.25) is 0 Å². The van der Waals surface area contributed by atoms with Crippen molar-refractivity contribution in [3.8, 4) is 0 Å². The molecule has 5 aliphatic rings. The van der Waals surface area contributed by atoms with Crippen LogP contribution < -0.4 is 16.0 Å². The highest BCUT2D eigenvalue weighted by Crippen LogP contribution is 2.50. The first-order valence-electron chi connectivity index (χ1n) is 27.2. The molecule has 1 saturated heterocycles. The van der Waals surface area contributed by atoms with E-state index in [0.717, 1.165) is 109 Å². The topological polar surface area (TPSA) is 151 Å². The standard InChI is InChI=1S/C53H98N4O10/c1-9-28-56-51(59)66-47(35-62-44-22-14-40(15-23-44)53(5,6)42-18-26-46(27-19-42)64-37-49-38-65-49)33-54-29-30-57(7)34-48(67-50(58)55-10-2)36-63-45-24-16-41(17-25-45)52(3,4)39-12-20-43(21-13-39)61-32-11-31-60-8/h39-49,54H,9-38H2,1-8H3,(H,55,58)(H,56,59). The van der Waals surface area contributed by atoms with Crippen molar-refractivity contribution >= 4 is 12.2 Å². The zero-order valence-electron chi connectivity index (χ0n) is 43.6. The Hall–Kier alpha value is -1.78. The molecule has 0 aromatic rings. The summed E-state index contributed by atoms with van der Waals surface area (Å²) in [7, 11) is 3.79. The van der Waals surface area contributed by atoms with E-state index in [1.54, 1.807) is 7.11 Å². The monoisotopic (exact) mass is 951 g/mol. The highest BCUT2D eigenvalue weighted by atomic mass is 16.6. The number of hydrogen-bond acceptors (Lipinski definition) is 12. The molecule has 3 unspecified atom stereocenters. The van der Waals surface area contributed by atoms with E-state index < -0.39 is 24.4 Å². The predicted molar refractivity (Wildman–Crippen MR) is 263 cm³/mol. The normalized spacial score (nSPS) is 29.2. The van der Waals surface area contributed by atoms with Gasteiger partial charge in [0.25, 0.3) is 0 Å². The van der Waals surface area contributed by atoms with Crippen LogP contribution in [-0.2, 0) is 37.9 Å². The SMILES string of the molecule is CCCNC(=O)OC(CNCCN(C)CC(COC1CCC(C(C)(C)C2CCC(OCCCOC)CC2)CC1)OC(=O)NCC)COC1CCC(C(C)(C)C2CCC(OCC3CO3)CC2)CC1. The lowest BCUT2D eigenvalue weighted by atomic mass is 9.60. The molecule has 0 aromatic heterocycles. The van der Waals surface area contributed by atoms with Crippen molar-refractivity contribution in [1.82, 2.24) is 20.9 Å². The molecule has 14 heteroatoms. The Kier molecular flexibility index (Phi) is 24.7. The van der Waals surface area contributed by atoms with E-state index >= 15 is 0 Å². The first kappa shape index (κ1) is 56.1. The van der Waals surface area contributed by atoms with Crippen LogP contribution in [0.4, 0.5) is 9.59 Å². The minimum absolute atomic E-state index is 0.176. The number of hydrogen-bond donors (Lipinski definition) is 3. The fourth-order valence-corrected chi connectivity index (χ4v) is 11.9. The Morgan fingerprint density at radius 2 is 1.09 bits per heavy atom. The summed E-state index contributed by atoms with van der Waals surface area (Å²) in [6, 6.07) is 0. The second-order valence-electron chi connectivity index (χ2n) is 22.2. The van der Waals surface area contributed by atoms with E-state index in [9.17, 15) is 9.59 Å². The number of rotatable bonds is 30. The van der Waals surface area contributed by atoms with Crippen molar-refractivity contribution in [2.75, 3.05) is 93.1 Å². The van der Waals surface area contributed by atoms with Crippen LogP contribution in [0, 0.1) is 34.5 Å². The summed E-state index contributed by atoms with van der Waals surface area (Å²) in [5.41, 5.74) is 0.598. The number of carbonyl (C=O) groups is 2. The molecule has 4 aliphatic carbocycles. The lowest BCUT2D eigenvalue weighted by Crippen LogP contribution is -2.44. The van der Waals surface area contributed by atoms with Crippen LogP contribution in [0.2, 0.25) is 0 Å². The van der Waals surface area contributed by atoms with E-state index in [4.69, 9.17) is 37.9 Å². The quantitative estimate of drug-likeness (QED) is 0.0466. The third-order valence-corrected chi connectivity index (χ3v) is 16.7. The number of epoxide rings is 1. The molecule has 1 aliphatic heterocycles. The number of ether oxygens (including phenoxy) is 8.